The predicted octanol–water partition coefficient (Wildman–Crippen LogP) is 1.73. The van der Waals surface area contributed by atoms with Crippen molar-refractivity contribution in [3.63, 3.8) is 0 Å². The lowest BCUT2D eigenvalue weighted by Gasteiger charge is -2.15. The van der Waals surface area contributed by atoms with Gasteiger partial charge in [-0.1, -0.05) is 41.9 Å². The number of benzene rings is 2. The molecule has 0 saturated heterocycles. The molecule has 0 radical (unpaired) electrons. The number of nitrogens with one attached hydrogen (secondary N) is 3. The van der Waals surface area contributed by atoms with E-state index in [1.165, 1.54) is 11.1 Å². The third-order valence-electron chi connectivity index (χ3n) is 4.20. The highest BCUT2D eigenvalue weighted by molar-refractivity contribution is 6.31. The minimum atomic E-state index is -0.278. The molecule has 0 bridgehead atoms. The second-order valence-electron chi connectivity index (χ2n) is 6.47. The monoisotopic (exact) mass is 374 g/mol. The zero-order valence-corrected chi connectivity index (χ0v) is 16.1. The Morgan fingerprint density at radius 1 is 1.04 bits per heavy atom. The summed E-state index contributed by atoms with van der Waals surface area (Å²) in [6.45, 7) is 4.89. The highest BCUT2D eigenvalue weighted by Crippen LogP contribution is 2.22. The zero-order chi connectivity index (χ0) is 19.1. The molecule has 2 rings (SSSR count). The number of hydrogen-bond acceptors (Lipinski definition) is 2. The molecule has 2 amide bonds. The van der Waals surface area contributed by atoms with E-state index < -0.39 is 0 Å². The van der Waals surface area contributed by atoms with Crippen molar-refractivity contribution in [1.29, 1.82) is 0 Å². The molecule has 138 valence electrons. The fourth-order valence-electron chi connectivity index (χ4n) is 2.65. The second-order valence-corrected chi connectivity index (χ2v) is 6.88. The molecule has 0 aliphatic rings. The molecule has 6 heteroatoms. The fourth-order valence-corrected chi connectivity index (χ4v) is 2.82. The summed E-state index contributed by atoms with van der Waals surface area (Å²) in [6, 6.07) is 13.4. The van der Waals surface area contributed by atoms with Gasteiger partial charge >= 0.3 is 0 Å². The van der Waals surface area contributed by atoms with Gasteiger partial charge in [0.2, 0.25) is 5.91 Å². The van der Waals surface area contributed by atoms with Crippen LogP contribution in [-0.4, -0.2) is 32.0 Å². The van der Waals surface area contributed by atoms with Crippen molar-refractivity contribution in [2.24, 2.45) is 0 Å². The van der Waals surface area contributed by atoms with Crippen LogP contribution in [0, 0.1) is 13.8 Å². The largest absolute Gasteiger partial charge is 0.342 e. The standard InChI is InChI=1S/C20H24ClN3O2/c1-14-7-4-5-8-16(14)12-24(3)13-20(26)22-11-19(25)23-18-10-6-9-17(21)15(18)2/h4-10H,11-13H2,1-3H3,(H,22,26)(H,23,25)/p+1. The second kappa shape index (κ2) is 9.36. The topological polar surface area (TPSA) is 62.6 Å². The van der Waals surface area contributed by atoms with Crippen LogP contribution in [0.3, 0.4) is 0 Å². The number of halogens is 1. The number of rotatable bonds is 7. The summed E-state index contributed by atoms with van der Waals surface area (Å²) in [4.78, 5) is 25.2. The number of hydrogen-bond donors (Lipinski definition) is 3. The Balaban J connectivity index is 1.78. The first kappa shape index (κ1) is 19.9. The molecule has 5 nitrogen and oxygen atoms in total. The van der Waals surface area contributed by atoms with E-state index in [1.807, 2.05) is 26.1 Å². The number of carbonyl (C=O) groups excluding carboxylic acids is 2. The lowest BCUT2D eigenvalue weighted by molar-refractivity contribution is -0.885. The minimum Gasteiger partial charge on any atom is -0.342 e. The summed E-state index contributed by atoms with van der Waals surface area (Å²) in [5.74, 6) is -0.436. The molecule has 3 N–H and O–H groups in total. The van der Waals surface area contributed by atoms with Crippen LogP contribution in [0.4, 0.5) is 5.69 Å². The van der Waals surface area contributed by atoms with Gasteiger partial charge in [0.25, 0.3) is 5.91 Å². The van der Waals surface area contributed by atoms with Gasteiger partial charge < -0.3 is 15.5 Å². The molecular formula is C20H25ClN3O2+. The van der Waals surface area contributed by atoms with Crippen molar-refractivity contribution in [2.75, 3.05) is 25.5 Å². The van der Waals surface area contributed by atoms with Gasteiger partial charge in [-0.15, -0.1) is 0 Å². The third-order valence-corrected chi connectivity index (χ3v) is 4.61. The van der Waals surface area contributed by atoms with Crippen molar-refractivity contribution in [1.82, 2.24) is 5.32 Å². The van der Waals surface area contributed by atoms with E-state index in [9.17, 15) is 9.59 Å². The molecular weight excluding hydrogens is 350 g/mol. The number of likely N-dealkylation sites (N-methyl/N-ethyl adjacent to an activating group) is 1. The van der Waals surface area contributed by atoms with E-state index >= 15 is 0 Å². The Bertz CT molecular complexity index is 792. The number of quaternary nitrogens is 1. The lowest BCUT2D eigenvalue weighted by atomic mass is 10.1. The Morgan fingerprint density at radius 2 is 1.77 bits per heavy atom. The molecule has 0 aliphatic heterocycles. The lowest BCUT2D eigenvalue weighted by Crippen LogP contribution is -3.09. The zero-order valence-electron chi connectivity index (χ0n) is 15.4. The van der Waals surface area contributed by atoms with E-state index in [-0.39, 0.29) is 18.4 Å². The van der Waals surface area contributed by atoms with Gasteiger partial charge in [0, 0.05) is 16.3 Å². The first-order valence-corrected chi connectivity index (χ1v) is 8.92. The van der Waals surface area contributed by atoms with Crippen molar-refractivity contribution in [3.05, 3.63) is 64.2 Å². The van der Waals surface area contributed by atoms with Crippen LogP contribution in [0.2, 0.25) is 5.02 Å². The van der Waals surface area contributed by atoms with Crippen LogP contribution in [0.5, 0.6) is 0 Å². The first-order valence-electron chi connectivity index (χ1n) is 8.54. The molecule has 1 unspecified atom stereocenters. The minimum absolute atomic E-state index is 0.0670. The Hall–Kier alpha value is -2.37. The number of amides is 2. The van der Waals surface area contributed by atoms with E-state index in [0.29, 0.717) is 17.3 Å². The van der Waals surface area contributed by atoms with Crippen LogP contribution in [0.25, 0.3) is 0 Å². The quantitative estimate of drug-likeness (QED) is 0.691. The number of anilines is 1. The van der Waals surface area contributed by atoms with Crippen LogP contribution in [-0.2, 0) is 16.1 Å². The maximum atomic E-state index is 12.1. The van der Waals surface area contributed by atoms with Crippen molar-refractivity contribution >= 4 is 29.1 Å². The average Bonchev–Trinajstić information content (AvgIpc) is 2.59. The average molecular weight is 375 g/mol. The van der Waals surface area contributed by atoms with E-state index in [0.717, 1.165) is 17.0 Å². The van der Waals surface area contributed by atoms with Gasteiger partial charge in [0.15, 0.2) is 6.54 Å². The molecule has 2 aromatic carbocycles. The SMILES string of the molecule is Cc1ccccc1C[NH+](C)CC(=O)NCC(=O)Nc1cccc(Cl)c1C. The molecule has 0 aromatic heterocycles. The summed E-state index contributed by atoms with van der Waals surface area (Å²) in [7, 11) is 1.96. The van der Waals surface area contributed by atoms with Crippen LogP contribution in [0.15, 0.2) is 42.5 Å². The Kier molecular flexibility index (Phi) is 7.18. The summed E-state index contributed by atoms with van der Waals surface area (Å²) in [6.07, 6.45) is 0. The summed E-state index contributed by atoms with van der Waals surface area (Å²) in [5, 5.41) is 6.02. The molecule has 0 fully saturated rings. The maximum Gasteiger partial charge on any atom is 0.275 e. The van der Waals surface area contributed by atoms with Crippen LogP contribution in [0.1, 0.15) is 16.7 Å². The molecule has 1 atom stereocenters. The van der Waals surface area contributed by atoms with Gasteiger partial charge in [0.05, 0.1) is 13.6 Å². The van der Waals surface area contributed by atoms with Crippen molar-refractivity contribution in [3.8, 4) is 0 Å². The molecule has 2 aromatic rings. The highest BCUT2D eigenvalue weighted by atomic mass is 35.5. The molecule has 0 heterocycles. The van der Waals surface area contributed by atoms with Gasteiger partial charge in [-0.25, -0.2) is 0 Å². The third kappa shape index (κ3) is 5.86. The van der Waals surface area contributed by atoms with Gasteiger partial charge in [0.1, 0.15) is 6.54 Å². The van der Waals surface area contributed by atoms with Crippen molar-refractivity contribution < 1.29 is 14.5 Å². The predicted molar refractivity (Wildman–Crippen MR) is 104 cm³/mol. The Labute approximate surface area is 159 Å². The maximum absolute atomic E-state index is 12.1. The van der Waals surface area contributed by atoms with E-state index in [4.69, 9.17) is 11.6 Å². The van der Waals surface area contributed by atoms with Crippen LogP contribution < -0.4 is 15.5 Å². The summed E-state index contributed by atoms with van der Waals surface area (Å²) in [5.41, 5.74) is 3.88. The summed E-state index contributed by atoms with van der Waals surface area (Å²) >= 11 is 6.04. The Morgan fingerprint density at radius 3 is 2.50 bits per heavy atom. The summed E-state index contributed by atoms with van der Waals surface area (Å²) < 4.78 is 0. The van der Waals surface area contributed by atoms with Crippen molar-refractivity contribution in [2.45, 2.75) is 20.4 Å². The molecule has 0 aliphatic carbocycles. The first-order chi connectivity index (χ1) is 12.4. The fraction of sp³-hybridized carbons (Fsp3) is 0.300. The number of aryl methyl sites for hydroxylation is 1. The smallest absolute Gasteiger partial charge is 0.275 e. The normalized spacial score (nSPS) is 11.7. The van der Waals surface area contributed by atoms with E-state index in [2.05, 4.69) is 29.7 Å². The van der Waals surface area contributed by atoms with E-state index in [1.54, 1.807) is 18.2 Å². The van der Waals surface area contributed by atoms with Gasteiger partial charge in [-0.3, -0.25) is 9.59 Å². The van der Waals surface area contributed by atoms with Crippen LogP contribution >= 0.6 is 11.6 Å². The number of carbonyl (C=O) groups is 2. The van der Waals surface area contributed by atoms with Gasteiger partial charge in [-0.2, -0.15) is 0 Å². The highest BCUT2D eigenvalue weighted by Gasteiger charge is 2.13. The van der Waals surface area contributed by atoms with Gasteiger partial charge in [-0.05, 0) is 37.1 Å². The molecule has 0 spiro atoms. The molecule has 0 saturated carbocycles. The molecule has 26 heavy (non-hydrogen) atoms.